The van der Waals surface area contributed by atoms with Gasteiger partial charge in [0.15, 0.2) is 0 Å². The van der Waals surface area contributed by atoms with Crippen LogP contribution in [0.1, 0.15) is 35.2 Å². The van der Waals surface area contributed by atoms with Crippen molar-refractivity contribution in [3.05, 3.63) is 59.7 Å². The van der Waals surface area contributed by atoms with Crippen LogP contribution < -0.4 is 10.1 Å². The summed E-state index contributed by atoms with van der Waals surface area (Å²) in [5.74, 6) is 0.603. The number of nitrogens with zero attached hydrogens (tertiary/aromatic N) is 1. The topological polar surface area (TPSA) is 58.6 Å². The summed E-state index contributed by atoms with van der Waals surface area (Å²) < 4.78 is 5.13. The summed E-state index contributed by atoms with van der Waals surface area (Å²) in [7, 11) is 1.61. The van der Waals surface area contributed by atoms with Crippen LogP contribution in [-0.2, 0) is 11.2 Å². The molecule has 136 valence electrons. The number of anilines is 1. The third-order valence-electron chi connectivity index (χ3n) is 4.60. The Morgan fingerprint density at radius 1 is 1.00 bits per heavy atom. The maximum Gasteiger partial charge on any atom is 0.255 e. The molecule has 0 unspecified atom stereocenters. The van der Waals surface area contributed by atoms with E-state index in [9.17, 15) is 9.59 Å². The molecule has 0 aliphatic carbocycles. The Bertz CT molecular complexity index is 765. The van der Waals surface area contributed by atoms with E-state index in [1.807, 2.05) is 41.3 Å². The molecule has 2 amide bonds. The molecule has 0 bridgehead atoms. The zero-order chi connectivity index (χ0) is 18.4. The Kier molecular flexibility index (Phi) is 5.89. The molecular formula is C21H24N2O3. The lowest BCUT2D eigenvalue weighted by Gasteiger charge is -2.27. The first-order chi connectivity index (χ1) is 12.7. The minimum Gasteiger partial charge on any atom is -0.497 e. The highest BCUT2D eigenvalue weighted by atomic mass is 16.5. The first-order valence-corrected chi connectivity index (χ1v) is 8.98. The molecule has 1 fully saturated rings. The largest absolute Gasteiger partial charge is 0.497 e. The highest BCUT2D eigenvalue weighted by Gasteiger charge is 2.21. The van der Waals surface area contributed by atoms with E-state index in [1.54, 1.807) is 19.2 Å². The summed E-state index contributed by atoms with van der Waals surface area (Å²) in [6.45, 7) is 1.57. The third-order valence-corrected chi connectivity index (χ3v) is 4.60. The van der Waals surface area contributed by atoms with E-state index in [0.717, 1.165) is 37.2 Å². The van der Waals surface area contributed by atoms with Gasteiger partial charge in [-0.05, 0) is 49.1 Å². The summed E-state index contributed by atoms with van der Waals surface area (Å²) in [4.78, 5) is 27.1. The summed E-state index contributed by atoms with van der Waals surface area (Å²) in [5.41, 5.74) is 2.02. The van der Waals surface area contributed by atoms with E-state index in [1.165, 1.54) is 6.42 Å². The minimum absolute atomic E-state index is 0.00922. The van der Waals surface area contributed by atoms with Crippen molar-refractivity contribution in [3.8, 4) is 5.75 Å². The van der Waals surface area contributed by atoms with Crippen molar-refractivity contribution in [1.29, 1.82) is 0 Å². The fourth-order valence-corrected chi connectivity index (χ4v) is 3.17. The quantitative estimate of drug-likeness (QED) is 0.896. The standard InChI is InChI=1S/C21H24N2O3/c1-26-17-11-9-16(10-12-17)15-20(24)22-19-8-4-3-7-18(19)21(25)23-13-5-2-6-14-23/h3-4,7-12H,2,5-6,13-15H2,1H3,(H,22,24). The van der Waals surface area contributed by atoms with Crippen molar-refractivity contribution in [3.63, 3.8) is 0 Å². The monoisotopic (exact) mass is 352 g/mol. The van der Waals surface area contributed by atoms with Crippen molar-refractivity contribution < 1.29 is 14.3 Å². The van der Waals surface area contributed by atoms with Crippen LogP contribution in [0.15, 0.2) is 48.5 Å². The summed E-state index contributed by atoms with van der Waals surface area (Å²) in [5, 5.41) is 2.89. The number of amides is 2. The van der Waals surface area contributed by atoms with Gasteiger partial charge in [-0.1, -0.05) is 24.3 Å². The van der Waals surface area contributed by atoms with Crippen LogP contribution in [0, 0.1) is 0 Å². The molecule has 0 saturated carbocycles. The number of carbonyl (C=O) groups excluding carboxylic acids is 2. The fourth-order valence-electron chi connectivity index (χ4n) is 3.17. The molecule has 5 nitrogen and oxygen atoms in total. The first-order valence-electron chi connectivity index (χ1n) is 8.98. The Balaban J connectivity index is 1.68. The van der Waals surface area contributed by atoms with Gasteiger partial charge < -0.3 is 15.0 Å². The van der Waals surface area contributed by atoms with Crippen LogP contribution in [0.25, 0.3) is 0 Å². The minimum atomic E-state index is -0.144. The van der Waals surface area contributed by atoms with Gasteiger partial charge >= 0.3 is 0 Å². The number of nitrogens with one attached hydrogen (secondary N) is 1. The zero-order valence-corrected chi connectivity index (χ0v) is 15.0. The number of methoxy groups -OCH3 is 1. The molecule has 1 N–H and O–H groups in total. The molecular weight excluding hydrogens is 328 g/mol. The van der Waals surface area contributed by atoms with Gasteiger partial charge in [0, 0.05) is 13.1 Å². The van der Waals surface area contributed by atoms with Gasteiger partial charge in [-0.25, -0.2) is 0 Å². The first kappa shape index (κ1) is 18.0. The van der Waals surface area contributed by atoms with Gasteiger partial charge in [0.25, 0.3) is 5.91 Å². The molecule has 2 aromatic rings. The molecule has 1 aliphatic rings. The lowest BCUT2D eigenvalue weighted by molar-refractivity contribution is -0.115. The van der Waals surface area contributed by atoms with Crippen LogP contribution in [0.3, 0.4) is 0 Å². The predicted octanol–water partition coefficient (Wildman–Crippen LogP) is 3.50. The Morgan fingerprint density at radius 2 is 1.69 bits per heavy atom. The zero-order valence-electron chi connectivity index (χ0n) is 15.0. The van der Waals surface area contributed by atoms with Gasteiger partial charge in [0.2, 0.25) is 5.91 Å². The van der Waals surface area contributed by atoms with Crippen LogP contribution in [0.2, 0.25) is 0 Å². The van der Waals surface area contributed by atoms with E-state index in [4.69, 9.17) is 4.74 Å². The molecule has 0 radical (unpaired) electrons. The maximum absolute atomic E-state index is 12.8. The van der Waals surface area contributed by atoms with E-state index >= 15 is 0 Å². The van der Waals surface area contributed by atoms with Crippen molar-refractivity contribution in [2.24, 2.45) is 0 Å². The van der Waals surface area contributed by atoms with E-state index < -0.39 is 0 Å². The van der Waals surface area contributed by atoms with Crippen LogP contribution in [-0.4, -0.2) is 36.9 Å². The van der Waals surface area contributed by atoms with Gasteiger partial charge in [-0.3, -0.25) is 9.59 Å². The summed E-state index contributed by atoms with van der Waals surface area (Å²) >= 11 is 0. The molecule has 1 saturated heterocycles. The number of benzene rings is 2. The number of ether oxygens (including phenoxy) is 1. The number of hydrogen-bond donors (Lipinski definition) is 1. The SMILES string of the molecule is COc1ccc(CC(=O)Nc2ccccc2C(=O)N2CCCCC2)cc1. The highest BCUT2D eigenvalue weighted by molar-refractivity contribution is 6.04. The summed E-state index contributed by atoms with van der Waals surface area (Å²) in [6.07, 6.45) is 3.50. The number of carbonyl (C=O) groups is 2. The lowest BCUT2D eigenvalue weighted by Crippen LogP contribution is -2.36. The number of piperidine rings is 1. The number of hydrogen-bond acceptors (Lipinski definition) is 3. The summed E-state index contributed by atoms with van der Waals surface area (Å²) in [6, 6.07) is 14.6. The molecule has 1 aliphatic heterocycles. The molecule has 26 heavy (non-hydrogen) atoms. The number of rotatable bonds is 5. The van der Waals surface area contributed by atoms with Crippen molar-refractivity contribution in [2.45, 2.75) is 25.7 Å². The van der Waals surface area contributed by atoms with Crippen molar-refractivity contribution in [1.82, 2.24) is 4.90 Å². The van der Waals surface area contributed by atoms with Crippen LogP contribution >= 0.6 is 0 Å². The van der Waals surface area contributed by atoms with Gasteiger partial charge in [0.05, 0.1) is 24.8 Å². The maximum atomic E-state index is 12.8. The molecule has 1 heterocycles. The second-order valence-corrected chi connectivity index (χ2v) is 6.47. The van der Waals surface area contributed by atoms with Crippen molar-refractivity contribution >= 4 is 17.5 Å². The van der Waals surface area contributed by atoms with Crippen LogP contribution in [0.4, 0.5) is 5.69 Å². The van der Waals surface area contributed by atoms with E-state index in [-0.39, 0.29) is 18.2 Å². The van der Waals surface area contributed by atoms with Crippen LogP contribution in [0.5, 0.6) is 5.75 Å². The van der Waals surface area contributed by atoms with Gasteiger partial charge in [0.1, 0.15) is 5.75 Å². The molecule has 5 heteroatoms. The predicted molar refractivity (Wildman–Crippen MR) is 102 cm³/mol. The van der Waals surface area contributed by atoms with Crippen molar-refractivity contribution in [2.75, 3.05) is 25.5 Å². The Hall–Kier alpha value is -2.82. The molecule has 0 atom stereocenters. The Morgan fingerprint density at radius 3 is 2.38 bits per heavy atom. The third kappa shape index (κ3) is 4.42. The molecule has 3 rings (SSSR count). The second kappa shape index (κ2) is 8.52. The molecule has 0 spiro atoms. The molecule has 2 aromatic carbocycles. The molecule has 0 aromatic heterocycles. The van der Waals surface area contributed by atoms with E-state index in [0.29, 0.717) is 11.3 Å². The smallest absolute Gasteiger partial charge is 0.255 e. The normalized spacial score (nSPS) is 14.0. The highest BCUT2D eigenvalue weighted by Crippen LogP contribution is 2.20. The number of likely N-dealkylation sites (tertiary alicyclic amines) is 1. The van der Waals surface area contributed by atoms with Gasteiger partial charge in [-0.2, -0.15) is 0 Å². The van der Waals surface area contributed by atoms with E-state index in [2.05, 4.69) is 5.32 Å². The average molecular weight is 352 g/mol. The van der Waals surface area contributed by atoms with Gasteiger partial charge in [-0.15, -0.1) is 0 Å². The number of para-hydroxylation sites is 1. The lowest BCUT2D eigenvalue weighted by atomic mass is 10.1. The fraction of sp³-hybridized carbons (Fsp3) is 0.333. The average Bonchev–Trinajstić information content (AvgIpc) is 2.69. The second-order valence-electron chi connectivity index (χ2n) is 6.47. The Labute approximate surface area is 154 Å².